The van der Waals surface area contributed by atoms with Crippen LogP contribution < -0.4 is 0 Å². The number of rotatable bonds is 9. The van der Waals surface area contributed by atoms with Crippen LogP contribution in [-0.4, -0.2) is 60.9 Å². The van der Waals surface area contributed by atoms with Crippen molar-refractivity contribution < 1.29 is 14.3 Å². The molecule has 0 saturated carbocycles. The highest BCUT2D eigenvalue weighted by atomic mass is 32.2. The van der Waals surface area contributed by atoms with Gasteiger partial charge in [-0.1, -0.05) is 0 Å². The molecule has 0 N–H and O–H groups in total. The number of methoxy groups -OCH3 is 1. The van der Waals surface area contributed by atoms with Crippen molar-refractivity contribution in [1.29, 1.82) is 0 Å². The van der Waals surface area contributed by atoms with Crippen molar-refractivity contribution in [2.75, 3.05) is 39.3 Å². The summed E-state index contributed by atoms with van der Waals surface area (Å²) in [6, 6.07) is 3.45. The Morgan fingerprint density at radius 2 is 2.19 bits per heavy atom. The van der Waals surface area contributed by atoms with Gasteiger partial charge in [0, 0.05) is 41.9 Å². The minimum absolute atomic E-state index is 0.0501. The van der Waals surface area contributed by atoms with Gasteiger partial charge >= 0.3 is 5.97 Å². The number of ketones is 1. The third kappa shape index (κ3) is 6.73. The SMILES string of the molecule is COC(=O)CC(CSCCN(C)C)C(=O)c1cccnc1. The van der Waals surface area contributed by atoms with Gasteiger partial charge in [0.15, 0.2) is 5.78 Å². The zero-order valence-electron chi connectivity index (χ0n) is 12.7. The Labute approximate surface area is 130 Å². The van der Waals surface area contributed by atoms with Crippen molar-refractivity contribution in [1.82, 2.24) is 9.88 Å². The minimum Gasteiger partial charge on any atom is -0.469 e. The number of hydrogen-bond donors (Lipinski definition) is 0. The van der Waals surface area contributed by atoms with E-state index in [0.717, 1.165) is 12.3 Å². The fraction of sp³-hybridized carbons (Fsp3) is 0.533. The number of carbonyl (C=O) groups excluding carboxylic acids is 2. The van der Waals surface area contributed by atoms with Crippen LogP contribution in [0.2, 0.25) is 0 Å². The van der Waals surface area contributed by atoms with Crippen LogP contribution >= 0.6 is 11.8 Å². The maximum absolute atomic E-state index is 12.5. The number of nitrogens with zero attached hydrogens (tertiary/aromatic N) is 2. The number of thioether (sulfide) groups is 1. The smallest absolute Gasteiger partial charge is 0.306 e. The van der Waals surface area contributed by atoms with Crippen LogP contribution in [0.4, 0.5) is 0 Å². The highest BCUT2D eigenvalue weighted by molar-refractivity contribution is 7.99. The van der Waals surface area contributed by atoms with Gasteiger partial charge in [0.2, 0.25) is 0 Å². The Kier molecular flexibility index (Phi) is 8.00. The van der Waals surface area contributed by atoms with Crippen LogP contribution in [0.3, 0.4) is 0 Å². The van der Waals surface area contributed by atoms with Crippen molar-refractivity contribution in [2.24, 2.45) is 5.92 Å². The number of Topliss-reactive ketones (excluding diaryl/α,β-unsaturated/α-hetero) is 1. The fourth-order valence-corrected chi connectivity index (χ4v) is 2.94. The number of ether oxygens (including phenoxy) is 1. The summed E-state index contributed by atoms with van der Waals surface area (Å²) in [5.74, 6) is 0.756. The molecule has 1 heterocycles. The van der Waals surface area contributed by atoms with Crippen molar-refractivity contribution in [2.45, 2.75) is 6.42 Å². The molecular weight excluding hydrogens is 288 g/mol. The first-order chi connectivity index (χ1) is 10.0. The van der Waals surface area contributed by atoms with E-state index in [9.17, 15) is 9.59 Å². The molecule has 1 aromatic rings. The van der Waals surface area contributed by atoms with Gasteiger partial charge in [0.25, 0.3) is 0 Å². The lowest BCUT2D eigenvalue weighted by molar-refractivity contribution is -0.141. The Morgan fingerprint density at radius 1 is 1.43 bits per heavy atom. The number of pyridine rings is 1. The number of esters is 1. The molecule has 0 aromatic carbocycles. The van der Waals surface area contributed by atoms with Gasteiger partial charge in [-0.15, -0.1) is 0 Å². The lowest BCUT2D eigenvalue weighted by Crippen LogP contribution is -2.23. The van der Waals surface area contributed by atoms with Gasteiger partial charge in [0.1, 0.15) is 0 Å². The summed E-state index contributed by atoms with van der Waals surface area (Å²) < 4.78 is 4.69. The molecule has 21 heavy (non-hydrogen) atoms. The second-order valence-corrected chi connectivity index (χ2v) is 6.11. The van der Waals surface area contributed by atoms with Gasteiger partial charge in [-0.05, 0) is 26.2 Å². The van der Waals surface area contributed by atoms with Crippen LogP contribution in [-0.2, 0) is 9.53 Å². The molecule has 0 aliphatic heterocycles. The molecule has 0 saturated heterocycles. The maximum Gasteiger partial charge on any atom is 0.306 e. The van der Waals surface area contributed by atoms with Crippen LogP contribution in [0.15, 0.2) is 24.5 Å². The van der Waals surface area contributed by atoms with Crippen molar-refractivity contribution in [3.63, 3.8) is 0 Å². The third-order valence-corrected chi connectivity index (χ3v) is 4.07. The summed E-state index contributed by atoms with van der Waals surface area (Å²) >= 11 is 1.67. The van der Waals surface area contributed by atoms with E-state index in [0.29, 0.717) is 11.3 Å². The van der Waals surface area contributed by atoms with E-state index in [4.69, 9.17) is 0 Å². The normalized spacial score (nSPS) is 12.2. The minimum atomic E-state index is -0.367. The molecule has 0 aliphatic carbocycles. The van der Waals surface area contributed by atoms with Crippen molar-refractivity contribution in [3.8, 4) is 0 Å². The van der Waals surface area contributed by atoms with Gasteiger partial charge in [0.05, 0.1) is 13.5 Å². The van der Waals surface area contributed by atoms with E-state index in [1.807, 2.05) is 14.1 Å². The quantitative estimate of drug-likeness (QED) is 0.393. The van der Waals surface area contributed by atoms with Gasteiger partial charge in [-0.2, -0.15) is 11.8 Å². The number of carbonyl (C=O) groups is 2. The Morgan fingerprint density at radius 3 is 2.76 bits per heavy atom. The molecule has 0 fully saturated rings. The molecular formula is C15H22N2O3S. The summed E-state index contributed by atoms with van der Waals surface area (Å²) in [7, 11) is 5.35. The molecule has 0 amide bonds. The standard InChI is InChI=1S/C15H22N2O3S/c1-17(2)7-8-21-11-13(9-14(18)20-3)15(19)12-5-4-6-16-10-12/h4-6,10,13H,7-9,11H2,1-3H3. The molecule has 1 atom stereocenters. The van der Waals surface area contributed by atoms with E-state index in [1.54, 1.807) is 30.1 Å². The largest absolute Gasteiger partial charge is 0.469 e. The molecule has 0 radical (unpaired) electrons. The molecule has 1 rings (SSSR count). The van der Waals surface area contributed by atoms with Crippen LogP contribution in [0.1, 0.15) is 16.8 Å². The van der Waals surface area contributed by atoms with E-state index in [1.165, 1.54) is 13.3 Å². The molecule has 116 valence electrons. The first-order valence-corrected chi connectivity index (χ1v) is 7.93. The number of hydrogen-bond acceptors (Lipinski definition) is 6. The predicted molar refractivity (Wildman–Crippen MR) is 84.6 cm³/mol. The molecule has 6 heteroatoms. The van der Waals surface area contributed by atoms with Gasteiger partial charge in [-0.25, -0.2) is 0 Å². The second-order valence-electron chi connectivity index (χ2n) is 4.96. The maximum atomic E-state index is 12.5. The summed E-state index contributed by atoms with van der Waals surface area (Å²) in [5.41, 5.74) is 0.541. The molecule has 0 aliphatic rings. The molecule has 1 unspecified atom stereocenters. The topological polar surface area (TPSA) is 59.5 Å². The summed E-state index contributed by atoms with van der Waals surface area (Å²) in [4.78, 5) is 30.0. The van der Waals surface area contributed by atoms with Gasteiger partial charge in [-0.3, -0.25) is 14.6 Å². The molecule has 1 aromatic heterocycles. The third-order valence-electron chi connectivity index (χ3n) is 2.96. The van der Waals surface area contributed by atoms with E-state index < -0.39 is 0 Å². The highest BCUT2D eigenvalue weighted by Crippen LogP contribution is 2.18. The van der Waals surface area contributed by atoms with Crippen molar-refractivity contribution in [3.05, 3.63) is 30.1 Å². The molecule has 0 bridgehead atoms. The van der Waals surface area contributed by atoms with Crippen molar-refractivity contribution >= 4 is 23.5 Å². The van der Waals surface area contributed by atoms with Gasteiger partial charge < -0.3 is 9.64 Å². The molecule has 0 spiro atoms. The summed E-state index contributed by atoms with van der Waals surface area (Å²) in [6.07, 6.45) is 3.27. The zero-order chi connectivity index (χ0) is 15.7. The highest BCUT2D eigenvalue weighted by Gasteiger charge is 2.23. The Bertz CT molecular complexity index is 451. The fourth-order valence-electron chi connectivity index (χ4n) is 1.73. The lowest BCUT2D eigenvalue weighted by atomic mass is 9.97. The monoisotopic (exact) mass is 310 g/mol. The van der Waals surface area contributed by atoms with Crippen LogP contribution in [0.5, 0.6) is 0 Å². The first-order valence-electron chi connectivity index (χ1n) is 6.78. The van der Waals surface area contributed by atoms with Crippen LogP contribution in [0.25, 0.3) is 0 Å². The zero-order valence-corrected chi connectivity index (χ0v) is 13.6. The Balaban J connectivity index is 2.63. The van der Waals surface area contributed by atoms with E-state index in [-0.39, 0.29) is 24.1 Å². The lowest BCUT2D eigenvalue weighted by Gasteiger charge is -2.15. The Hall–Kier alpha value is -1.40. The molecule has 5 nitrogen and oxygen atoms in total. The number of aromatic nitrogens is 1. The van der Waals surface area contributed by atoms with E-state index >= 15 is 0 Å². The van der Waals surface area contributed by atoms with Crippen LogP contribution in [0, 0.1) is 5.92 Å². The first kappa shape index (κ1) is 17.7. The average molecular weight is 310 g/mol. The van der Waals surface area contributed by atoms with E-state index in [2.05, 4.69) is 14.6 Å². The second kappa shape index (κ2) is 9.52. The summed E-state index contributed by atoms with van der Waals surface area (Å²) in [5, 5.41) is 0. The average Bonchev–Trinajstić information content (AvgIpc) is 2.50. The predicted octanol–water partition coefficient (Wildman–Crippen LogP) is 1.74. The summed E-state index contributed by atoms with van der Waals surface area (Å²) in [6.45, 7) is 0.941.